The normalized spacial score (nSPS) is 15.9. The molecule has 0 fully saturated rings. The third-order valence-corrected chi connectivity index (χ3v) is 3.06. The van der Waals surface area contributed by atoms with Crippen molar-refractivity contribution in [3.8, 4) is 5.75 Å². The van der Waals surface area contributed by atoms with Crippen LogP contribution in [0.1, 0.15) is 19.8 Å². The lowest BCUT2D eigenvalue weighted by Crippen LogP contribution is -2.26. The molecule has 0 unspecified atom stereocenters. The molecule has 5 heteroatoms. The fourth-order valence-corrected chi connectivity index (χ4v) is 1.91. The summed E-state index contributed by atoms with van der Waals surface area (Å²) < 4.78 is 5.07. The molecule has 0 aromatic heterocycles. The van der Waals surface area contributed by atoms with Crippen LogP contribution < -0.4 is 15.5 Å². The lowest BCUT2D eigenvalue weighted by molar-refractivity contribution is -0.119. The van der Waals surface area contributed by atoms with Crippen LogP contribution in [0.5, 0.6) is 5.75 Å². The van der Waals surface area contributed by atoms with Gasteiger partial charge in [0, 0.05) is 5.69 Å². The Balaban J connectivity index is 1.77. The number of amides is 1. The summed E-state index contributed by atoms with van der Waals surface area (Å²) in [4.78, 5) is 11.7. The first-order valence-corrected chi connectivity index (χ1v) is 6.58. The van der Waals surface area contributed by atoms with E-state index >= 15 is 0 Å². The van der Waals surface area contributed by atoms with E-state index in [1.54, 1.807) is 7.11 Å². The Hall–Kier alpha value is -2.30. The maximum Gasteiger partial charge on any atom is 0.259 e. The van der Waals surface area contributed by atoms with Crippen LogP contribution in [0, 0.1) is 0 Å². The molecule has 1 aliphatic carbocycles. The highest BCUT2D eigenvalue weighted by Crippen LogP contribution is 2.15. The minimum atomic E-state index is -0.161. The van der Waals surface area contributed by atoms with E-state index in [0.29, 0.717) is 0 Å². The number of nitrogens with one attached hydrogen (secondary N) is 2. The van der Waals surface area contributed by atoms with Crippen molar-refractivity contribution in [1.29, 1.82) is 0 Å². The minimum absolute atomic E-state index is 0.161. The van der Waals surface area contributed by atoms with Gasteiger partial charge in [-0.25, -0.2) is 5.43 Å². The molecular formula is C15H19N3O2. The van der Waals surface area contributed by atoms with Gasteiger partial charge >= 0.3 is 0 Å². The van der Waals surface area contributed by atoms with Crippen LogP contribution >= 0.6 is 0 Å². The SMILES string of the molecule is COc1ccc(NCC(=O)N/N=C2\C=C(C)CC2)cc1. The van der Waals surface area contributed by atoms with Gasteiger partial charge < -0.3 is 10.1 Å². The number of ether oxygens (including phenoxy) is 1. The largest absolute Gasteiger partial charge is 0.497 e. The van der Waals surface area contributed by atoms with Gasteiger partial charge in [-0.15, -0.1) is 0 Å². The number of carbonyl (C=O) groups excluding carboxylic acids is 1. The number of rotatable bonds is 5. The molecule has 2 N–H and O–H groups in total. The molecule has 1 aromatic carbocycles. The van der Waals surface area contributed by atoms with E-state index in [1.807, 2.05) is 30.3 Å². The van der Waals surface area contributed by atoms with Crippen LogP contribution in [0.4, 0.5) is 5.69 Å². The van der Waals surface area contributed by atoms with E-state index in [1.165, 1.54) is 5.57 Å². The van der Waals surface area contributed by atoms with Gasteiger partial charge in [0.1, 0.15) is 5.75 Å². The number of nitrogens with zero attached hydrogens (tertiary/aromatic N) is 1. The van der Waals surface area contributed by atoms with Crippen LogP contribution in [0.2, 0.25) is 0 Å². The second-order valence-corrected chi connectivity index (χ2v) is 4.71. The van der Waals surface area contributed by atoms with Gasteiger partial charge in [0.15, 0.2) is 0 Å². The molecule has 1 aromatic rings. The second-order valence-electron chi connectivity index (χ2n) is 4.71. The zero-order valence-corrected chi connectivity index (χ0v) is 11.8. The number of allylic oxidation sites excluding steroid dienone is 2. The molecule has 1 aliphatic rings. The predicted octanol–water partition coefficient (Wildman–Crippen LogP) is 2.32. The van der Waals surface area contributed by atoms with Crippen molar-refractivity contribution in [1.82, 2.24) is 5.43 Å². The third-order valence-electron chi connectivity index (χ3n) is 3.06. The zero-order chi connectivity index (χ0) is 14.4. The smallest absolute Gasteiger partial charge is 0.259 e. The summed E-state index contributed by atoms with van der Waals surface area (Å²) in [6, 6.07) is 7.40. The average molecular weight is 273 g/mol. The molecular weight excluding hydrogens is 254 g/mol. The summed E-state index contributed by atoms with van der Waals surface area (Å²) in [6.45, 7) is 2.25. The third kappa shape index (κ3) is 4.12. The summed E-state index contributed by atoms with van der Waals surface area (Å²) in [6.07, 6.45) is 3.94. The first-order valence-electron chi connectivity index (χ1n) is 6.58. The Bertz CT molecular complexity index is 533. The van der Waals surface area contributed by atoms with Crippen molar-refractivity contribution in [2.75, 3.05) is 19.0 Å². The van der Waals surface area contributed by atoms with Gasteiger partial charge in [0.25, 0.3) is 5.91 Å². The highest BCUT2D eigenvalue weighted by molar-refractivity contribution is 5.98. The van der Waals surface area contributed by atoms with Gasteiger partial charge in [0.05, 0.1) is 19.4 Å². The number of hydrogen-bond donors (Lipinski definition) is 2. The molecule has 0 bridgehead atoms. The highest BCUT2D eigenvalue weighted by atomic mass is 16.5. The molecule has 1 amide bonds. The van der Waals surface area contributed by atoms with Crippen molar-refractivity contribution >= 4 is 17.3 Å². The van der Waals surface area contributed by atoms with Crippen molar-refractivity contribution in [2.24, 2.45) is 5.10 Å². The van der Waals surface area contributed by atoms with E-state index in [4.69, 9.17) is 4.74 Å². The molecule has 0 saturated heterocycles. The number of hydrazone groups is 1. The quantitative estimate of drug-likeness (QED) is 0.809. The van der Waals surface area contributed by atoms with Gasteiger partial charge in [-0.2, -0.15) is 5.10 Å². The zero-order valence-electron chi connectivity index (χ0n) is 11.8. The van der Waals surface area contributed by atoms with E-state index in [9.17, 15) is 4.79 Å². The first-order chi connectivity index (χ1) is 9.67. The maximum absolute atomic E-state index is 11.7. The van der Waals surface area contributed by atoms with E-state index in [-0.39, 0.29) is 12.5 Å². The Labute approximate surface area is 118 Å². The Kier molecular flexibility index (Phi) is 4.76. The van der Waals surface area contributed by atoms with Gasteiger partial charge in [-0.1, -0.05) is 5.57 Å². The van der Waals surface area contributed by atoms with Gasteiger partial charge in [-0.05, 0) is 50.1 Å². The molecule has 2 rings (SSSR count). The lowest BCUT2D eigenvalue weighted by atomic mass is 10.3. The maximum atomic E-state index is 11.7. The van der Waals surface area contributed by atoms with Crippen LogP contribution in [-0.4, -0.2) is 25.3 Å². The Morgan fingerprint density at radius 2 is 2.05 bits per heavy atom. The molecule has 0 spiro atoms. The number of carbonyl (C=O) groups is 1. The lowest BCUT2D eigenvalue weighted by Gasteiger charge is -2.06. The van der Waals surface area contributed by atoms with E-state index in [0.717, 1.165) is 30.0 Å². The first kappa shape index (κ1) is 14.1. The van der Waals surface area contributed by atoms with Gasteiger partial charge in [-0.3, -0.25) is 4.79 Å². The van der Waals surface area contributed by atoms with E-state index < -0.39 is 0 Å². The van der Waals surface area contributed by atoms with Crippen molar-refractivity contribution in [3.63, 3.8) is 0 Å². The summed E-state index contributed by atoms with van der Waals surface area (Å²) >= 11 is 0. The number of methoxy groups -OCH3 is 1. The standard InChI is InChI=1S/C15H19N3O2/c1-11-3-4-13(9-11)17-18-15(19)10-16-12-5-7-14(20-2)8-6-12/h5-9,16H,3-4,10H2,1-2H3,(H,18,19)/b17-13-. The Morgan fingerprint density at radius 1 is 1.30 bits per heavy atom. The predicted molar refractivity (Wildman–Crippen MR) is 80.1 cm³/mol. The van der Waals surface area contributed by atoms with Crippen LogP contribution in [0.25, 0.3) is 0 Å². The van der Waals surface area contributed by atoms with Crippen molar-refractivity contribution in [2.45, 2.75) is 19.8 Å². The molecule has 0 saturated carbocycles. The summed E-state index contributed by atoms with van der Waals surface area (Å²) in [5, 5.41) is 7.12. The topological polar surface area (TPSA) is 62.7 Å². The number of anilines is 1. The Morgan fingerprint density at radius 3 is 2.65 bits per heavy atom. The summed E-state index contributed by atoms with van der Waals surface area (Å²) in [7, 11) is 1.62. The fourth-order valence-electron chi connectivity index (χ4n) is 1.91. The fraction of sp³-hybridized carbons (Fsp3) is 0.333. The summed E-state index contributed by atoms with van der Waals surface area (Å²) in [5.74, 6) is 0.626. The molecule has 0 heterocycles. The summed E-state index contributed by atoms with van der Waals surface area (Å²) in [5.41, 5.74) is 5.65. The molecule has 0 atom stereocenters. The number of hydrogen-bond acceptors (Lipinski definition) is 4. The van der Waals surface area contributed by atoms with Crippen LogP contribution in [0.15, 0.2) is 41.0 Å². The average Bonchev–Trinajstić information content (AvgIpc) is 2.89. The second kappa shape index (κ2) is 6.75. The highest BCUT2D eigenvalue weighted by Gasteiger charge is 2.07. The van der Waals surface area contributed by atoms with Crippen LogP contribution in [0.3, 0.4) is 0 Å². The number of benzene rings is 1. The van der Waals surface area contributed by atoms with Crippen molar-refractivity contribution < 1.29 is 9.53 Å². The van der Waals surface area contributed by atoms with Gasteiger partial charge in [0.2, 0.25) is 0 Å². The molecule has 20 heavy (non-hydrogen) atoms. The monoisotopic (exact) mass is 273 g/mol. The molecule has 0 aliphatic heterocycles. The van der Waals surface area contributed by atoms with Crippen LogP contribution in [-0.2, 0) is 4.79 Å². The minimum Gasteiger partial charge on any atom is -0.497 e. The molecule has 5 nitrogen and oxygen atoms in total. The van der Waals surface area contributed by atoms with E-state index in [2.05, 4.69) is 22.8 Å². The molecule has 106 valence electrons. The molecule has 0 radical (unpaired) electrons. The van der Waals surface area contributed by atoms with Crippen molar-refractivity contribution in [3.05, 3.63) is 35.9 Å².